The predicted molar refractivity (Wildman–Crippen MR) is 60.9 cm³/mol. The number of nitrogens with zero attached hydrogens (tertiary/aromatic N) is 2. The minimum Gasteiger partial charge on any atom is -0.420 e. The van der Waals surface area contributed by atoms with Crippen molar-refractivity contribution in [1.29, 1.82) is 0 Å². The summed E-state index contributed by atoms with van der Waals surface area (Å²) >= 11 is 0. The highest BCUT2D eigenvalue weighted by atomic mass is 19.1. The average molecular weight is 223 g/mol. The molecule has 1 aromatic heterocycles. The molecular weight excluding hydrogens is 209 g/mol. The van der Waals surface area contributed by atoms with Crippen molar-refractivity contribution in [3.8, 4) is 0 Å². The Bertz CT molecular complexity index is 495. The van der Waals surface area contributed by atoms with E-state index >= 15 is 0 Å². The molecule has 1 heterocycles. The summed E-state index contributed by atoms with van der Waals surface area (Å²) in [4.78, 5) is 5.96. The van der Waals surface area contributed by atoms with Gasteiger partial charge in [0, 0.05) is 19.6 Å². The molecule has 4 nitrogen and oxygen atoms in total. The van der Waals surface area contributed by atoms with Crippen LogP contribution in [0, 0.1) is 5.82 Å². The van der Waals surface area contributed by atoms with E-state index < -0.39 is 5.82 Å². The fourth-order valence-corrected chi connectivity index (χ4v) is 1.58. The van der Waals surface area contributed by atoms with E-state index in [9.17, 15) is 4.39 Å². The Hall–Kier alpha value is -1.62. The first-order valence-electron chi connectivity index (χ1n) is 5.09. The molecule has 0 bridgehead atoms. The zero-order valence-electron chi connectivity index (χ0n) is 9.27. The summed E-state index contributed by atoms with van der Waals surface area (Å²) in [7, 11) is 1.81. The maximum absolute atomic E-state index is 13.3. The van der Waals surface area contributed by atoms with Crippen LogP contribution < -0.4 is 10.6 Å². The molecule has 0 aliphatic heterocycles. The number of hydrogen-bond acceptors (Lipinski definition) is 4. The van der Waals surface area contributed by atoms with Crippen molar-refractivity contribution in [3.05, 3.63) is 24.0 Å². The number of anilines is 1. The Balaban J connectivity index is 2.36. The molecule has 0 spiro atoms. The third-order valence-corrected chi connectivity index (χ3v) is 2.24. The van der Waals surface area contributed by atoms with Crippen LogP contribution in [0.3, 0.4) is 0 Å². The molecule has 1 unspecified atom stereocenters. The molecule has 2 rings (SSSR count). The van der Waals surface area contributed by atoms with Gasteiger partial charge in [-0.05, 0) is 19.1 Å². The van der Waals surface area contributed by atoms with Crippen molar-refractivity contribution in [3.63, 3.8) is 0 Å². The molecule has 1 atom stereocenters. The van der Waals surface area contributed by atoms with Crippen LogP contribution in [0.2, 0.25) is 0 Å². The van der Waals surface area contributed by atoms with Gasteiger partial charge in [-0.2, -0.15) is 4.98 Å². The third-order valence-electron chi connectivity index (χ3n) is 2.24. The van der Waals surface area contributed by atoms with E-state index in [0.29, 0.717) is 18.1 Å². The highest BCUT2D eigenvalue weighted by Gasteiger charge is 2.13. The van der Waals surface area contributed by atoms with Gasteiger partial charge in [-0.15, -0.1) is 0 Å². The minimum absolute atomic E-state index is 0.00450. The highest BCUT2D eigenvalue weighted by Crippen LogP contribution is 2.23. The molecule has 0 amide bonds. The van der Waals surface area contributed by atoms with Crippen LogP contribution in [0.4, 0.5) is 10.4 Å². The fraction of sp³-hybridized carbons (Fsp3) is 0.364. The Morgan fingerprint density at radius 1 is 1.56 bits per heavy atom. The van der Waals surface area contributed by atoms with Crippen molar-refractivity contribution in [2.75, 3.05) is 18.5 Å². The number of nitrogens with two attached hydrogens (primary N) is 1. The van der Waals surface area contributed by atoms with Crippen molar-refractivity contribution in [2.24, 2.45) is 5.73 Å². The van der Waals surface area contributed by atoms with E-state index in [4.69, 9.17) is 10.2 Å². The number of aromatic nitrogens is 1. The van der Waals surface area contributed by atoms with Crippen molar-refractivity contribution < 1.29 is 8.81 Å². The zero-order chi connectivity index (χ0) is 11.7. The molecule has 1 aromatic carbocycles. The largest absolute Gasteiger partial charge is 0.420 e. The van der Waals surface area contributed by atoms with Gasteiger partial charge in [-0.1, -0.05) is 6.07 Å². The number of para-hydroxylation sites is 1. The van der Waals surface area contributed by atoms with Gasteiger partial charge in [-0.3, -0.25) is 0 Å². The molecule has 0 saturated heterocycles. The topological polar surface area (TPSA) is 55.3 Å². The summed E-state index contributed by atoms with van der Waals surface area (Å²) in [5.41, 5.74) is 6.38. The number of hydrogen-bond donors (Lipinski definition) is 1. The monoisotopic (exact) mass is 223 g/mol. The molecule has 16 heavy (non-hydrogen) atoms. The lowest BCUT2D eigenvalue weighted by atomic mass is 10.3. The molecular formula is C11H14FN3O. The Kier molecular flexibility index (Phi) is 2.78. The highest BCUT2D eigenvalue weighted by molar-refractivity contribution is 5.75. The van der Waals surface area contributed by atoms with Gasteiger partial charge in [0.15, 0.2) is 11.4 Å². The van der Waals surface area contributed by atoms with Gasteiger partial charge < -0.3 is 15.1 Å². The number of oxazole rings is 1. The first-order valence-corrected chi connectivity index (χ1v) is 5.09. The van der Waals surface area contributed by atoms with Gasteiger partial charge in [0.05, 0.1) is 0 Å². The number of halogens is 1. The van der Waals surface area contributed by atoms with Gasteiger partial charge >= 0.3 is 0 Å². The van der Waals surface area contributed by atoms with Crippen LogP contribution in [-0.2, 0) is 0 Å². The standard InChI is InChI=1S/C11H14FN3O/c1-7(13)6-15(2)11-14-9-5-3-4-8(12)10(9)16-11/h3-5,7H,6,13H2,1-2H3. The van der Waals surface area contributed by atoms with Crippen molar-refractivity contribution >= 4 is 17.1 Å². The molecule has 0 radical (unpaired) electrons. The SMILES string of the molecule is CC(N)CN(C)c1nc2cccc(F)c2o1. The molecule has 2 N–H and O–H groups in total. The first-order chi connectivity index (χ1) is 7.58. The summed E-state index contributed by atoms with van der Waals surface area (Å²) in [5, 5.41) is 0. The summed E-state index contributed by atoms with van der Waals surface area (Å²) in [6.07, 6.45) is 0. The molecule has 2 aromatic rings. The summed E-state index contributed by atoms with van der Waals surface area (Å²) < 4.78 is 18.7. The van der Waals surface area contributed by atoms with Gasteiger partial charge in [-0.25, -0.2) is 4.39 Å². The van der Waals surface area contributed by atoms with Crippen LogP contribution in [0.1, 0.15) is 6.92 Å². The lowest BCUT2D eigenvalue weighted by Gasteiger charge is -2.16. The van der Waals surface area contributed by atoms with E-state index in [-0.39, 0.29) is 11.6 Å². The molecule has 0 saturated carbocycles. The van der Waals surface area contributed by atoms with Gasteiger partial charge in [0.2, 0.25) is 0 Å². The lowest BCUT2D eigenvalue weighted by molar-refractivity contribution is 0.539. The number of fused-ring (bicyclic) bond motifs is 1. The number of rotatable bonds is 3. The maximum atomic E-state index is 13.3. The van der Waals surface area contributed by atoms with Crippen LogP contribution in [0.25, 0.3) is 11.1 Å². The second kappa shape index (κ2) is 4.09. The zero-order valence-corrected chi connectivity index (χ0v) is 9.27. The fourth-order valence-electron chi connectivity index (χ4n) is 1.58. The van der Waals surface area contributed by atoms with Gasteiger partial charge in [0.25, 0.3) is 6.01 Å². The normalized spacial score (nSPS) is 13.0. The van der Waals surface area contributed by atoms with Crippen LogP contribution >= 0.6 is 0 Å². The van der Waals surface area contributed by atoms with Crippen molar-refractivity contribution in [2.45, 2.75) is 13.0 Å². The molecule has 86 valence electrons. The number of likely N-dealkylation sites (N-methyl/N-ethyl adjacent to an activating group) is 1. The lowest BCUT2D eigenvalue weighted by Crippen LogP contribution is -2.32. The van der Waals surface area contributed by atoms with E-state index in [1.807, 2.05) is 14.0 Å². The van der Waals surface area contributed by atoms with E-state index in [0.717, 1.165) is 0 Å². The Morgan fingerprint density at radius 2 is 2.31 bits per heavy atom. The Labute approximate surface area is 92.9 Å². The second-order valence-corrected chi connectivity index (χ2v) is 3.94. The van der Waals surface area contributed by atoms with Crippen molar-refractivity contribution in [1.82, 2.24) is 4.98 Å². The summed E-state index contributed by atoms with van der Waals surface area (Å²) in [6.45, 7) is 2.49. The maximum Gasteiger partial charge on any atom is 0.298 e. The average Bonchev–Trinajstić information content (AvgIpc) is 2.61. The number of benzene rings is 1. The van der Waals surface area contributed by atoms with E-state index in [1.54, 1.807) is 17.0 Å². The second-order valence-electron chi connectivity index (χ2n) is 3.94. The quantitative estimate of drug-likeness (QED) is 0.861. The molecule has 5 heteroatoms. The van der Waals surface area contributed by atoms with Crippen LogP contribution in [0.5, 0.6) is 0 Å². The third kappa shape index (κ3) is 1.99. The first kappa shape index (κ1) is 10.9. The van der Waals surface area contributed by atoms with E-state index in [2.05, 4.69) is 4.98 Å². The summed E-state index contributed by atoms with van der Waals surface area (Å²) in [6, 6.07) is 5.06. The predicted octanol–water partition coefficient (Wildman–Crippen LogP) is 1.75. The van der Waals surface area contributed by atoms with Crippen LogP contribution in [-0.4, -0.2) is 24.6 Å². The smallest absolute Gasteiger partial charge is 0.298 e. The molecule has 0 aliphatic carbocycles. The molecule has 0 aliphatic rings. The van der Waals surface area contributed by atoms with E-state index in [1.165, 1.54) is 6.07 Å². The minimum atomic E-state index is -0.398. The summed E-state index contributed by atoms with van der Waals surface area (Å²) in [5.74, 6) is -0.398. The van der Waals surface area contributed by atoms with Crippen LogP contribution in [0.15, 0.2) is 22.6 Å². The molecule has 0 fully saturated rings. The van der Waals surface area contributed by atoms with Gasteiger partial charge in [0.1, 0.15) is 5.52 Å². The Morgan fingerprint density at radius 3 is 2.94 bits per heavy atom.